The van der Waals surface area contributed by atoms with Gasteiger partial charge in [0.15, 0.2) is 5.82 Å². The van der Waals surface area contributed by atoms with Crippen molar-refractivity contribution < 1.29 is 0 Å². The molecule has 1 heterocycles. The highest BCUT2D eigenvalue weighted by Crippen LogP contribution is 2.30. The minimum atomic E-state index is 0.348. The number of tetrazole rings is 1. The van der Waals surface area contributed by atoms with Crippen LogP contribution in [-0.4, -0.2) is 20.6 Å². The highest BCUT2D eigenvalue weighted by molar-refractivity contribution is 4.81. The van der Waals surface area contributed by atoms with Crippen LogP contribution in [0, 0.1) is 11.3 Å². The maximum Gasteiger partial charge on any atom is 0.174 e. The first-order valence-electron chi connectivity index (χ1n) is 4.74. The fraction of sp³-hybridized carbons (Fsp3) is 0.889. The summed E-state index contributed by atoms with van der Waals surface area (Å²) in [6.07, 6.45) is 2.01. The van der Waals surface area contributed by atoms with Crippen LogP contribution in [0.25, 0.3) is 0 Å². The molecule has 0 fully saturated rings. The number of aromatic nitrogens is 4. The summed E-state index contributed by atoms with van der Waals surface area (Å²) in [5, 5.41) is 13.9. The van der Waals surface area contributed by atoms with Crippen molar-refractivity contribution in [3.63, 3.8) is 0 Å². The van der Waals surface area contributed by atoms with E-state index in [-0.39, 0.29) is 0 Å². The maximum absolute atomic E-state index is 3.93. The average Bonchev–Trinajstić information content (AvgIpc) is 2.52. The average molecular weight is 182 g/mol. The second-order valence-electron chi connectivity index (χ2n) is 4.47. The van der Waals surface area contributed by atoms with Gasteiger partial charge in [0.25, 0.3) is 0 Å². The topological polar surface area (TPSA) is 54.5 Å². The number of aromatic amines is 1. The third-order valence-corrected chi connectivity index (χ3v) is 2.95. The predicted molar refractivity (Wildman–Crippen MR) is 51.1 cm³/mol. The number of hydrogen-bond acceptors (Lipinski definition) is 3. The summed E-state index contributed by atoms with van der Waals surface area (Å²) in [4.78, 5) is 0. The third kappa shape index (κ3) is 2.79. The van der Waals surface area contributed by atoms with Crippen LogP contribution in [0.15, 0.2) is 0 Å². The number of aryl methyl sites for hydroxylation is 1. The van der Waals surface area contributed by atoms with Gasteiger partial charge in [-0.1, -0.05) is 32.9 Å². The summed E-state index contributed by atoms with van der Waals surface area (Å²) in [5.74, 6) is 1.49. The van der Waals surface area contributed by atoms with E-state index in [1.165, 1.54) is 0 Å². The van der Waals surface area contributed by atoms with Crippen molar-refractivity contribution in [2.75, 3.05) is 0 Å². The summed E-state index contributed by atoms with van der Waals surface area (Å²) in [6.45, 7) is 9.04. The molecule has 1 aromatic rings. The molecule has 0 atom stereocenters. The Labute approximate surface area is 79.1 Å². The van der Waals surface area contributed by atoms with Crippen LogP contribution in [0.3, 0.4) is 0 Å². The molecule has 0 spiro atoms. The maximum atomic E-state index is 3.93. The quantitative estimate of drug-likeness (QED) is 0.772. The van der Waals surface area contributed by atoms with Gasteiger partial charge in [-0.3, -0.25) is 0 Å². The smallest absolute Gasteiger partial charge is 0.174 e. The predicted octanol–water partition coefficient (Wildman–Crippen LogP) is 1.81. The largest absolute Gasteiger partial charge is 0.177 e. The molecule has 0 aliphatic carbocycles. The van der Waals surface area contributed by atoms with Crippen molar-refractivity contribution in [2.45, 2.75) is 40.5 Å². The minimum absolute atomic E-state index is 0.348. The Kier molecular flexibility index (Phi) is 3.01. The molecule has 13 heavy (non-hydrogen) atoms. The van der Waals surface area contributed by atoms with E-state index in [0.717, 1.165) is 18.7 Å². The standard InChI is InChI=1S/C9H18N4/c1-7(2)9(3,4)6-5-8-10-12-13-11-8/h7H,5-6H2,1-4H3,(H,10,11,12,13). The Bertz CT molecular complexity index is 238. The first-order valence-corrected chi connectivity index (χ1v) is 4.74. The van der Waals surface area contributed by atoms with E-state index in [2.05, 4.69) is 48.3 Å². The van der Waals surface area contributed by atoms with E-state index < -0.39 is 0 Å². The molecular weight excluding hydrogens is 164 g/mol. The van der Waals surface area contributed by atoms with Crippen molar-refractivity contribution in [3.05, 3.63) is 5.82 Å². The van der Waals surface area contributed by atoms with E-state index in [0.29, 0.717) is 11.3 Å². The molecule has 0 amide bonds. The van der Waals surface area contributed by atoms with Crippen LogP contribution < -0.4 is 0 Å². The number of rotatable bonds is 4. The van der Waals surface area contributed by atoms with Gasteiger partial charge in [0.05, 0.1) is 0 Å². The van der Waals surface area contributed by atoms with E-state index in [1.807, 2.05) is 0 Å². The van der Waals surface area contributed by atoms with E-state index in [4.69, 9.17) is 0 Å². The Morgan fingerprint density at radius 3 is 2.54 bits per heavy atom. The Morgan fingerprint density at radius 2 is 2.08 bits per heavy atom. The molecule has 0 aromatic carbocycles. The van der Waals surface area contributed by atoms with Gasteiger partial charge >= 0.3 is 0 Å². The normalized spacial score (nSPS) is 12.4. The van der Waals surface area contributed by atoms with Crippen LogP contribution in [0.4, 0.5) is 0 Å². The zero-order valence-electron chi connectivity index (χ0n) is 8.83. The Morgan fingerprint density at radius 1 is 1.38 bits per heavy atom. The Hall–Kier alpha value is -0.930. The van der Waals surface area contributed by atoms with Crippen molar-refractivity contribution >= 4 is 0 Å². The second-order valence-corrected chi connectivity index (χ2v) is 4.47. The summed E-state index contributed by atoms with van der Waals surface area (Å²) in [7, 11) is 0. The highest BCUT2D eigenvalue weighted by atomic mass is 15.5. The lowest BCUT2D eigenvalue weighted by atomic mass is 9.77. The zero-order chi connectivity index (χ0) is 9.90. The molecule has 0 bridgehead atoms. The second kappa shape index (κ2) is 3.85. The molecule has 0 aliphatic heterocycles. The van der Waals surface area contributed by atoms with Crippen molar-refractivity contribution in [1.82, 2.24) is 20.6 Å². The first-order chi connectivity index (χ1) is 6.02. The molecule has 4 nitrogen and oxygen atoms in total. The van der Waals surface area contributed by atoms with E-state index in [9.17, 15) is 0 Å². The molecule has 1 aromatic heterocycles. The van der Waals surface area contributed by atoms with Crippen molar-refractivity contribution in [2.24, 2.45) is 11.3 Å². The molecule has 0 saturated heterocycles. The van der Waals surface area contributed by atoms with Gasteiger partial charge < -0.3 is 0 Å². The molecule has 74 valence electrons. The van der Waals surface area contributed by atoms with Gasteiger partial charge in [0, 0.05) is 6.42 Å². The van der Waals surface area contributed by atoms with Gasteiger partial charge in [-0.15, -0.1) is 10.2 Å². The van der Waals surface area contributed by atoms with Gasteiger partial charge in [-0.05, 0) is 17.8 Å². The monoisotopic (exact) mass is 182 g/mol. The van der Waals surface area contributed by atoms with Crippen molar-refractivity contribution in [1.29, 1.82) is 0 Å². The lowest BCUT2D eigenvalue weighted by molar-refractivity contribution is 0.228. The number of hydrogen-bond donors (Lipinski definition) is 1. The molecule has 0 aliphatic rings. The van der Waals surface area contributed by atoms with Gasteiger partial charge in [0.1, 0.15) is 0 Å². The number of H-pyrrole nitrogens is 1. The number of nitrogens with one attached hydrogen (secondary N) is 1. The molecule has 1 N–H and O–H groups in total. The van der Waals surface area contributed by atoms with Crippen LogP contribution in [0.5, 0.6) is 0 Å². The zero-order valence-corrected chi connectivity index (χ0v) is 8.83. The summed E-state index contributed by atoms with van der Waals surface area (Å²) in [5.41, 5.74) is 0.348. The van der Waals surface area contributed by atoms with Crippen LogP contribution >= 0.6 is 0 Å². The number of nitrogens with zero attached hydrogens (tertiary/aromatic N) is 3. The molecule has 0 saturated carbocycles. The fourth-order valence-electron chi connectivity index (χ4n) is 1.01. The Balaban J connectivity index is 2.42. The van der Waals surface area contributed by atoms with Gasteiger partial charge in [-0.25, -0.2) is 0 Å². The molecular formula is C9H18N4. The van der Waals surface area contributed by atoms with Crippen LogP contribution in [0.2, 0.25) is 0 Å². The highest BCUT2D eigenvalue weighted by Gasteiger charge is 2.22. The van der Waals surface area contributed by atoms with Crippen LogP contribution in [-0.2, 0) is 6.42 Å². The first kappa shape index (κ1) is 10.2. The van der Waals surface area contributed by atoms with E-state index in [1.54, 1.807) is 0 Å². The van der Waals surface area contributed by atoms with Crippen LogP contribution in [0.1, 0.15) is 39.9 Å². The lowest BCUT2D eigenvalue weighted by Crippen LogP contribution is -2.20. The summed E-state index contributed by atoms with van der Waals surface area (Å²) < 4.78 is 0. The summed E-state index contributed by atoms with van der Waals surface area (Å²) in [6, 6.07) is 0. The third-order valence-electron chi connectivity index (χ3n) is 2.95. The van der Waals surface area contributed by atoms with E-state index >= 15 is 0 Å². The summed E-state index contributed by atoms with van der Waals surface area (Å²) >= 11 is 0. The van der Waals surface area contributed by atoms with Gasteiger partial charge in [0.2, 0.25) is 0 Å². The SMILES string of the molecule is CC(C)C(C)(C)CCc1nn[nH]n1. The lowest BCUT2D eigenvalue weighted by Gasteiger charge is -2.28. The molecule has 4 heteroatoms. The fourth-order valence-corrected chi connectivity index (χ4v) is 1.01. The minimum Gasteiger partial charge on any atom is -0.177 e. The van der Waals surface area contributed by atoms with Gasteiger partial charge in [-0.2, -0.15) is 5.21 Å². The van der Waals surface area contributed by atoms with Crippen molar-refractivity contribution in [3.8, 4) is 0 Å². The molecule has 1 rings (SSSR count). The molecule has 0 unspecified atom stereocenters. The molecule has 0 radical (unpaired) electrons.